The van der Waals surface area contributed by atoms with Crippen molar-refractivity contribution >= 4 is 21.8 Å². The van der Waals surface area contributed by atoms with Crippen molar-refractivity contribution in [2.24, 2.45) is 0 Å². The van der Waals surface area contributed by atoms with Crippen LogP contribution in [0.15, 0.2) is 29.5 Å². The van der Waals surface area contributed by atoms with Gasteiger partial charge in [-0.25, -0.2) is 9.97 Å². The summed E-state index contributed by atoms with van der Waals surface area (Å²) < 4.78 is 0.849. The lowest BCUT2D eigenvalue weighted by molar-refractivity contribution is -0.124. The third-order valence-electron chi connectivity index (χ3n) is 1.90. The number of hydrogen-bond acceptors (Lipinski definition) is 3. The van der Waals surface area contributed by atoms with Gasteiger partial charge in [0.2, 0.25) is 5.91 Å². The topological polar surface area (TPSA) is 46.1 Å². The predicted octanol–water partition coefficient (Wildman–Crippen LogP) is 1.43. The molecule has 15 heavy (non-hydrogen) atoms. The highest BCUT2D eigenvalue weighted by atomic mass is 79.9. The second-order valence-electron chi connectivity index (χ2n) is 3.03. The molecule has 1 rings (SSSR count). The smallest absolute Gasteiger partial charge is 0.245 e. The van der Waals surface area contributed by atoms with Gasteiger partial charge >= 0.3 is 0 Å². The van der Waals surface area contributed by atoms with Gasteiger partial charge in [-0.2, -0.15) is 0 Å². The quantitative estimate of drug-likeness (QED) is 0.777. The van der Waals surface area contributed by atoms with Crippen molar-refractivity contribution in [1.29, 1.82) is 0 Å². The summed E-state index contributed by atoms with van der Waals surface area (Å²) in [4.78, 5) is 21.0. The predicted molar refractivity (Wildman–Crippen MR) is 61.3 cm³/mol. The number of amides is 1. The number of nitrogens with zero attached hydrogens (tertiary/aromatic N) is 3. The van der Waals surface area contributed by atoms with Crippen molar-refractivity contribution in [2.75, 3.05) is 13.6 Å². The molecule has 0 N–H and O–H groups in total. The van der Waals surface area contributed by atoms with Gasteiger partial charge in [-0.15, -0.1) is 0 Å². The molecule has 0 aliphatic rings. The Morgan fingerprint density at radius 3 is 2.73 bits per heavy atom. The number of aromatic nitrogens is 2. The molecule has 0 atom stereocenters. The summed E-state index contributed by atoms with van der Waals surface area (Å²) in [7, 11) is 1.73. The van der Waals surface area contributed by atoms with Crippen LogP contribution in [0, 0.1) is 0 Å². The molecule has 0 aromatic carbocycles. The van der Waals surface area contributed by atoms with Crippen LogP contribution >= 0.6 is 15.9 Å². The molecule has 1 amide bonds. The first-order valence-corrected chi connectivity index (χ1v) is 5.26. The van der Waals surface area contributed by atoms with Crippen molar-refractivity contribution in [3.05, 3.63) is 35.3 Å². The van der Waals surface area contributed by atoms with E-state index < -0.39 is 0 Å². The van der Waals surface area contributed by atoms with Crippen LogP contribution in [0.2, 0.25) is 0 Å². The minimum absolute atomic E-state index is 0.0906. The summed E-state index contributed by atoms with van der Waals surface area (Å²) in [5.74, 6) is 0.633. The first-order valence-electron chi connectivity index (χ1n) is 4.47. The zero-order valence-electron chi connectivity index (χ0n) is 8.48. The van der Waals surface area contributed by atoms with Crippen LogP contribution in [0.1, 0.15) is 5.82 Å². The van der Waals surface area contributed by atoms with Crippen LogP contribution < -0.4 is 0 Å². The molecular formula is C10H12BrN3O. The van der Waals surface area contributed by atoms with Gasteiger partial charge in [0, 0.05) is 32.4 Å². The molecule has 0 aliphatic heterocycles. The maximum Gasteiger partial charge on any atom is 0.245 e. The maximum absolute atomic E-state index is 11.1. The number of hydrogen-bond donors (Lipinski definition) is 0. The van der Waals surface area contributed by atoms with Crippen LogP contribution in [0.4, 0.5) is 0 Å². The molecule has 0 saturated carbocycles. The van der Waals surface area contributed by atoms with E-state index in [2.05, 4.69) is 32.5 Å². The van der Waals surface area contributed by atoms with Crippen molar-refractivity contribution < 1.29 is 4.79 Å². The molecule has 0 bridgehead atoms. The zero-order valence-corrected chi connectivity index (χ0v) is 10.1. The Balaban J connectivity index is 2.46. The Morgan fingerprint density at radius 1 is 1.60 bits per heavy atom. The van der Waals surface area contributed by atoms with Gasteiger partial charge < -0.3 is 4.90 Å². The lowest BCUT2D eigenvalue weighted by Gasteiger charge is -2.13. The average Bonchev–Trinajstić information content (AvgIpc) is 2.26. The van der Waals surface area contributed by atoms with Crippen molar-refractivity contribution in [3.8, 4) is 0 Å². The largest absolute Gasteiger partial charge is 0.342 e. The Kier molecular flexibility index (Phi) is 4.42. The third-order valence-corrected chi connectivity index (χ3v) is 2.30. The van der Waals surface area contributed by atoms with Crippen LogP contribution in [-0.4, -0.2) is 34.4 Å². The van der Waals surface area contributed by atoms with E-state index in [-0.39, 0.29) is 5.91 Å². The van der Waals surface area contributed by atoms with Gasteiger partial charge in [-0.05, 0) is 22.0 Å². The Labute approximate surface area is 97.2 Å². The molecule has 1 aromatic rings. The molecule has 0 fully saturated rings. The first-order chi connectivity index (χ1) is 7.13. The van der Waals surface area contributed by atoms with Crippen LogP contribution in [0.5, 0.6) is 0 Å². The molecule has 5 heteroatoms. The van der Waals surface area contributed by atoms with Crippen LogP contribution in [0.25, 0.3) is 0 Å². The highest BCUT2D eigenvalue weighted by molar-refractivity contribution is 9.10. The fourth-order valence-corrected chi connectivity index (χ4v) is 1.21. The SMILES string of the molecule is C=CC(=O)N(C)CCc1ncc(Br)cn1. The standard InChI is InChI=1S/C10H12BrN3O/c1-3-10(15)14(2)5-4-9-12-6-8(11)7-13-9/h3,6-7H,1,4-5H2,2H3. The molecule has 0 aliphatic carbocycles. The Hall–Kier alpha value is -1.23. The lowest BCUT2D eigenvalue weighted by atomic mass is 10.3. The minimum Gasteiger partial charge on any atom is -0.342 e. The number of carbonyl (C=O) groups excluding carboxylic acids is 1. The van der Waals surface area contributed by atoms with Gasteiger partial charge in [-0.1, -0.05) is 6.58 Å². The second-order valence-corrected chi connectivity index (χ2v) is 3.95. The fraction of sp³-hybridized carbons (Fsp3) is 0.300. The summed E-state index contributed by atoms with van der Waals surface area (Å²) in [5, 5.41) is 0. The van der Waals surface area contributed by atoms with E-state index in [4.69, 9.17) is 0 Å². The van der Waals surface area contributed by atoms with Gasteiger partial charge in [0.15, 0.2) is 0 Å². The van der Waals surface area contributed by atoms with Crippen molar-refractivity contribution in [2.45, 2.75) is 6.42 Å². The summed E-state index contributed by atoms with van der Waals surface area (Å²) in [6.07, 6.45) is 5.32. The number of likely N-dealkylation sites (N-methyl/N-ethyl adjacent to an activating group) is 1. The van der Waals surface area contributed by atoms with Crippen LogP contribution in [0.3, 0.4) is 0 Å². The zero-order chi connectivity index (χ0) is 11.3. The van der Waals surface area contributed by atoms with E-state index in [9.17, 15) is 4.79 Å². The molecule has 0 unspecified atom stereocenters. The summed E-state index contributed by atoms with van der Waals surface area (Å²) in [6, 6.07) is 0. The normalized spacial score (nSPS) is 9.73. The summed E-state index contributed by atoms with van der Waals surface area (Å²) in [5.41, 5.74) is 0. The highest BCUT2D eigenvalue weighted by Crippen LogP contribution is 2.04. The third kappa shape index (κ3) is 3.79. The highest BCUT2D eigenvalue weighted by Gasteiger charge is 2.04. The minimum atomic E-state index is -0.0906. The maximum atomic E-state index is 11.1. The number of rotatable bonds is 4. The first kappa shape index (κ1) is 11.8. The summed E-state index contributed by atoms with van der Waals surface area (Å²) >= 11 is 3.26. The lowest BCUT2D eigenvalue weighted by Crippen LogP contribution is -2.27. The molecular weight excluding hydrogens is 258 g/mol. The summed E-state index contributed by atoms with van der Waals surface area (Å²) in [6.45, 7) is 4.01. The van der Waals surface area contributed by atoms with E-state index in [1.165, 1.54) is 6.08 Å². The molecule has 80 valence electrons. The molecule has 0 saturated heterocycles. The van der Waals surface area contributed by atoms with E-state index in [0.29, 0.717) is 13.0 Å². The van der Waals surface area contributed by atoms with E-state index >= 15 is 0 Å². The Bertz CT molecular complexity index is 350. The molecule has 4 nitrogen and oxygen atoms in total. The van der Waals surface area contributed by atoms with Crippen molar-refractivity contribution in [1.82, 2.24) is 14.9 Å². The van der Waals surface area contributed by atoms with E-state index in [1.54, 1.807) is 24.3 Å². The van der Waals surface area contributed by atoms with E-state index in [1.807, 2.05) is 0 Å². The number of halogens is 1. The molecule has 0 spiro atoms. The van der Waals surface area contributed by atoms with Gasteiger partial charge in [0.05, 0.1) is 4.47 Å². The van der Waals surface area contributed by atoms with Gasteiger partial charge in [0.25, 0.3) is 0 Å². The Morgan fingerprint density at radius 2 is 2.20 bits per heavy atom. The fourth-order valence-electron chi connectivity index (χ4n) is 1.00. The molecule has 0 radical (unpaired) electrons. The van der Waals surface area contributed by atoms with E-state index in [0.717, 1.165) is 10.3 Å². The average molecular weight is 270 g/mol. The molecule has 1 aromatic heterocycles. The van der Waals surface area contributed by atoms with Crippen LogP contribution in [-0.2, 0) is 11.2 Å². The number of carbonyl (C=O) groups is 1. The van der Waals surface area contributed by atoms with Gasteiger partial charge in [-0.3, -0.25) is 4.79 Å². The molecule has 1 heterocycles. The van der Waals surface area contributed by atoms with Crippen molar-refractivity contribution in [3.63, 3.8) is 0 Å². The monoisotopic (exact) mass is 269 g/mol. The second kappa shape index (κ2) is 5.60. The van der Waals surface area contributed by atoms with Gasteiger partial charge in [0.1, 0.15) is 5.82 Å².